The van der Waals surface area contributed by atoms with Crippen LogP contribution in [0.2, 0.25) is 0 Å². The number of unbranched alkanes of at least 4 members (excludes halogenated alkanes) is 1. The van der Waals surface area contributed by atoms with E-state index in [2.05, 4.69) is 33.4 Å². The summed E-state index contributed by atoms with van der Waals surface area (Å²) in [7, 11) is 0. The number of carbonyl (C=O) groups is 3. The van der Waals surface area contributed by atoms with Crippen molar-refractivity contribution < 1.29 is 57.0 Å². The van der Waals surface area contributed by atoms with E-state index < -0.39 is 0 Å². The highest BCUT2D eigenvalue weighted by Gasteiger charge is 2.42. The quantitative estimate of drug-likeness (QED) is 0.0433. The third-order valence-electron chi connectivity index (χ3n) is 8.76. The molecule has 0 spiro atoms. The van der Waals surface area contributed by atoms with Crippen molar-refractivity contribution in [2.24, 2.45) is 0 Å². The summed E-state index contributed by atoms with van der Waals surface area (Å²) in [5, 5.41) is 12.0. The van der Waals surface area contributed by atoms with Crippen LogP contribution in [-0.2, 0) is 47.4 Å². The van der Waals surface area contributed by atoms with Crippen LogP contribution in [0.25, 0.3) is 0 Å². The van der Waals surface area contributed by atoms with Gasteiger partial charge in [-0.15, -0.1) is 0 Å². The summed E-state index contributed by atoms with van der Waals surface area (Å²) in [6.07, 6.45) is 12.1. The first-order valence-corrected chi connectivity index (χ1v) is 20.8. The van der Waals surface area contributed by atoms with Crippen molar-refractivity contribution in [1.29, 1.82) is 0 Å². The topological polar surface area (TPSA) is 182 Å². The Morgan fingerprint density at radius 1 is 0.648 bits per heavy atom. The molecule has 16 nitrogen and oxygen atoms in total. The van der Waals surface area contributed by atoms with Gasteiger partial charge in [0.15, 0.2) is 0 Å². The van der Waals surface area contributed by atoms with Crippen LogP contribution in [0.1, 0.15) is 57.8 Å². The summed E-state index contributed by atoms with van der Waals surface area (Å²) in [6, 6.07) is 0.403. The number of hydrogen-bond donors (Lipinski definition) is 4. The van der Waals surface area contributed by atoms with Gasteiger partial charge in [0.25, 0.3) is 0 Å². The average molecular weight is 791 g/mol. The van der Waals surface area contributed by atoms with Gasteiger partial charge in [0.1, 0.15) is 6.10 Å². The highest BCUT2D eigenvalue weighted by atomic mass is 32.2. The van der Waals surface area contributed by atoms with Crippen LogP contribution in [0, 0.1) is 0 Å². The van der Waals surface area contributed by atoms with E-state index in [-0.39, 0.29) is 36.2 Å². The molecule has 2 heterocycles. The van der Waals surface area contributed by atoms with Gasteiger partial charge in [-0.05, 0) is 44.9 Å². The third kappa shape index (κ3) is 23.6. The van der Waals surface area contributed by atoms with Crippen LogP contribution in [0.15, 0.2) is 12.2 Å². The van der Waals surface area contributed by atoms with Gasteiger partial charge in [-0.25, -0.2) is 9.59 Å². The Morgan fingerprint density at radius 2 is 1.17 bits per heavy atom. The lowest BCUT2D eigenvalue weighted by Crippen LogP contribution is -2.36. The molecule has 17 heteroatoms. The maximum absolute atomic E-state index is 12.0. The number of carbonyl (C=O) groups excluding carboxylic acids is 3. The van der Waals surface area contributed by atoms with Gasteiger partial charge in [0.05, 0.1) is 118 Å². The van der Waals surface area contributed by atoms with Crippen LogP contribution in [0.4, 0.5) is 9.59 Å². The average Bonchev–Trinajstić information content (AvgIpc) is 3.71. The summed E-state index contributed by atoms with van der Waals surface area (Å²) >= 11 is 1.90. The van der Waals surface area contributed by atoms with Crippen molar-refractivity contribution in [2.45, 2.75) is 81.2 Å². The van der Waals surface area contributed by atoms with Crippen molar-refractivity contribution in [3.05, 3.63) is 12.2 Å². The van der Waals surface area contributed by atoms with E-state index in [9.17, 15) is 14.4 Å². The van der Waals surface area contributed by atoms with Crippen LogP contribution in [-0.4, -0.2) is 166 Å². The highest BCUT2D eigenvalue weighted by molar-refractivity contribution is 8.00. The normalized spacial score (nSPS) is 21.4. The second kappa shape index (κ2) is 31.9. The molecule has 0 saturated carbocycles. The van der Waals surface area contributed by atoms with Gasteiger partial charge in [0, 0.05) is 30.5 Å². The van der Waals surface area contributed by atoms with E-state index in [1.807, 2.05) is 11.8 Å². The first kappa shape index (κ1) is 46.2. The molecule has 312 valence electrons. The Bertz CT molecular complexity index is 1020. The van der Waals surface area contributed by atoms with Crippen molar-refractivity contribution in [3.8, 4) is 0 Å². The molecule has 4 amide bonds. The molecule has 4 N–H and O–H groups in total. The van der Waals surface area contributed by atoms with Crippen LogP contribution < -0.4 is 21.3 Å². The van der Waals surface area contributed by atoms with Crippen molar-refractivity contribution in [2.75, 3.05) is 125 Å². The van der Waals surface area contributed by atoms with Gasteiger partial charge in [0.2, 0.25) is 5.91 Å². The van der Waals surface area contributed by atoms with Crippen molar-refractivity contribution >= 4 is 29.8 Å². The summed E-state index contributed by atoms with van der Waals surface area (Å²) < 4.78 is 49.4. The van der Waals surface area contributed by atoms with Gasteiger partial charge < -0.3 is 63.9 Å². The molecule has 0 aromatic rings. The zero-order valence-corrected chi connectivity index (χ0v) is 32.9. The Hall–Kier alpha value is -2.22. The molecule has 0 radical (unpaired) electrons. The van der Waals surface area contributed by atoms with Crippen molar-refractivity contribution in [3.63, 3.8) is 0 Å². The standard InChI is InChI=1S/C37H66N4O12S/c42-34(11-7-6-10-33-35-32(30-54-33)40-36(43)41-35)38-12-14-45-16-18-47-20-22-49-24-26-51-28-29-52-27-25-50-23-21-48-19-17-46-15-13-39-37(44)53-31-8-4-2-1-3-5-9-31/h1-2,31-33,35H,3-30H2,(H,38,42)(H,39,44)(H2,40,41,43)/b2-1+/t31?,32-,33+,35-/m1/s1. The molecule has 2 aliphatic heterocycles. The fourth-order valence-corrected chi connectivity index (χ4v) is 7.47. The number of ether oxygens (including phenoxy) is 9. The summed E-state index contributed by atoms with van der Waals surface area (Å²) in [6.45, 7) is 8.34. The monoisotopic (exact) mass is 790 g/mol. The molecule has 3 aliphatic rings. The smallest absolute Gasteiger partial charge is 0.407 e. The minimum absolute atomic E-state index is 0.0117. The zero-order chi connectivity index (χ0) is 38.2. The first-order valence-electron chi connectivity index (χ1n) is 19.8. The maximum atomic E-state index is 12.0. The number of hydrogen-bond acceptors (Lipinski definition) is 13. The largest absolute Gasteiger partial charge is 0.446 e. The van der Waals surface area contributed by atoms with Gasteiger partial charge in [-0.1, -0.05) is 18.6 Å². The molecule has 1 aliphatic carbocycles. The molecule has 0 bridgehead atoms. The molecule has 54 heavy (non-hydrogen) atoms. The third-order valence-corrected chi connectivity index (χ3v) is 10.3. The van der Waals surface area contributed by atoms with Gasteiger partial charge >= 0.3 is 12.1 Å². The molecule has 1 unspecified atom stereocenters. The SMILES string of the molecule is O=C(CCCC[C@@H]1SC[C@H]2NC(=O)N[C@@H]12)NCCOCCOCCOCCOCCOCCOCCOCCOCCNC(=O)OC1CC/C=C/CCC1. The number of allylic oxidation sites excluding steroid dienone is 2. The summed E-state index contributed by atoms with van der Waals surface area (Å²) in [4.78, 5) is 35.4. The second-order valence-corrected chi connectivity index (χ2v) is 14.3. The first-order chi connectivity index (χ1) is 26.6. The van der Waals surface area contributed by atoms with Crippen LogP contribution in [0.3, 0.4) is 0 Å². The molecule has 0 aromatic heterocycles. The minimum Gasteiger partial charge on any atom is -0.446 e. The number of urea groups is 1. The molecular formula is C37H66N4O12S. The van der Waals surface area contributed by atoms with Gasteiger partial charge in [-0.2, -0.15) is 11.8 Å². The van der Waals surface area contributed by atoms with E-state index in [0.29, 0.717) is 130 Å². The highest BCUT2D eigenvalue weighted by Crippen LogP contribution is 2.33. The predicted octanol–water partition coefficient (Wildman–Crippen LogP) is 2.58. The Kier molecular flexibility index (Phi) is 27.3. The number of nitrogens with one attached hydrogen (secondary N) is 4. The number of thioether (sulfide) groups is 1. The number of alkyl carbamates (subject to hydrolysis) is 1. The number of amides is 4. The van der Waals surface area contributed by atoms with Crippen LogP contribution in [0.5, 0.6) is 0 Å². The Balaban J connectivity index is 0.915. The number of fused-ring (bicyclic) bond motifs is 1. The van der Waals surface area contributed by atoms with Crippen molar-refractivity contribution in [1.82, 2.24) is 21.3 Å². The second-order valence-electron chi connectivity index (χ2n) is 13.1. The Labute approximate surface area is 325 Å². The fraction of sp³-hybridized carbons (Fsp3) is 0.865. The lowest BCUT2D eigenvalue weighted by Gasteiger charge is -2.18. The molecule has 2 fully saturated rings. The van der Waals surface area contributed by atoms with E-state index in [0.717, 1.165) is 57.1 Å². The lowest BCUT2D eigenvalue weighted by atomic mass is 10.0. The minimum atomic E-state index is -0.380. The van der Waals surface area contributed by atoms with E-state index >= 15 is 0 Å². The van der Waals surface area contributed by atoms with E-state index in [1.54, 1.807) is 0 Å². The summed E-state index contributed by atoms with van der Waals surface area (Å²) in [5.41, 5.74) is 0. The number of rotatable bonds is 33. The zero-order valence-electron chi connectivity index (χ0n) is 32.1. The van der Waals surface area contributed by atoms with Gasteiger partial charge in [-0.3, -0.25) is 4.79 Å². The van der Waals surface area contributed by atoms with E-state index in [1.165, 1.54) is 0 Å². The molecule has 4 atom stereocenters. The molecule has 0 aromatic carbocycles. The van der Waals surface area contributed by atoms with Crippen LogP contribution >= 0.6 is 11.8 Å². The lowest BCUT2D eigenvalue weighted by molar-refractivity contribution is -0.121. The molecule has 3 rings (SSSR count). The summed E-state index contributed by atoms with van der Waals surface area (Å²) in [5.74, 6) is 1.000. The molecule has 2 saturated heterocycles. The predicted molar refractivity (Wildman–Crippen MR) is 204 cm³/mol. The maximum Gasteiger partial charge on any atom is 0.407 e. The fourth-order valence-electron chi connectivity index (χ4n) is 5.93. The Morgan fingerprint density at radius 3 is 1.74 bits per heavy atom. The van der Waals surface area contributed by atoms with E-state index in [4.69, 9.17) is 42.6 Å². The molecular weight excluding hydrogens is 724 g/mol.